The van der Waals surface area contributed by atoms with Crippen LogP contribution in [0.25, 0.3) is 22.7 Å². The molecule has 0 bridgehead atoms. The van der Waals surface area contributed by atoms with E-state index in [1.807, 2.05) is 37.5 Å². The van der Waals surface area contributed by atoms with Crippen LogP contribution in [-0.2, 0) is 0 Å². The minimum atomic E-state index is -0.0972. The van der Waals surface area contributed by atoms with Crippen LogP contribution >= 0.6 is 0 Å². The van der Waals surface area contributed by atoms with Gasteiger partial charge in [-0.05, 0) is 50.6 Å². The number of hydrogen-bond acceptors (Lipinski definition) is 6. The summed E-state index contributed by atoms with van der Waals surface area (Å²) in [5, 5.41) is 4.57. The van der Waals surface area contributed by atoms with Crippen molar-refractivity contribution >= 4 is 17.0 Å². The van der Waals surface area contributed by atoms with Crippen molar-refractivity contribution in [1.82, 2.24) is 28.9 Å². The number of piperazine rings is 1. The Kier molecular flexibility index (Phi) is 3.89. The summed E-state index contributed by atoms with van der Waals surface area (Å²) in [6.45, 7) is 6.27. The molecule has 30 heavy (non-hydrogen) atoms. The van der Waals surface area contributed by atoms with Gasteiger partial charge in [-0.2, -0.15) is 5.10 Å². The summed E-state index contributed by atoms with van der Waals surface area (Å²) in [6, 6.07) is 9.95. The Morgan fingerprint density at radius 1 is 0.967 bits per heavy atom. The molecular formula is C22H23N7O. The summed E-state index contributed by atoms with van der Waals surface area (Å²) in [4.78, 5) is 27.0. The van der Waals surface area contributed by atoms with Crippen molar-refractivity contribution in [2.75, 3.05) is 31.1 Å². The quantitative estimate of drug-likeness (QED) is 0.512. The zero-order chi connectivity index (χ0) is 20.2. The van der Waals surface area contributed by atoms with E-state index in [2.05, 4.69) is 25.9 Å². The number of aryl methyl sites for hydroxylation is 1. The second-order valence-corrected chi connectivity index (χ2v) is 8.28. The lowest BCUT2D eigenvalue weighted by Crippen LogP contribution is -2.50. The van der Waals surface area contributed by atoms with Crippen molar-refractivity contribution < 1.29 is 0 Å². The summed E-state index contributed by atoms with van der Waals surface area (Å²) < 4.78 is 3.36. The highest BCUT2D eigenvalue weighted by molar-refractivity contribution is 5.60. The van der Waals surface area contributed by atoms with E-state index in [0.29, 0.717) is 23.1 Å². The maximum atomic E-state index is 12.9. The monoisotopic (exact) mass is 401 g/mol. The molecule has 0 radical (unpaired) electrons. The summed E-state index contributed by atoms with van der Waals surface area (Å²) in [6.07, 6.45) is 6.35. The minimum Gasteiger partial charge on any atom is -0.367 e. The highest BCUT2D eigenvalue weighted by Crippen LogP contribution is 2.25. The van der Waals surface area contributed by atoms with E-state index in [-0.39, 0.29) is 5.56 Å². The third-order valence-corrected chi connectivity index (χ3v) is 6.30. The lowest BCUT2D eigenvalue weighted by molar-refractivity contribution is 0.231. The molecule has 152 valence electrons. The molecule has 4 aromatic heterocycles. The van der Waals surface area contributed by atoms with Gasteiger partial charge in [0, 0.05) is 37.9 Å². The molecule has 0 saturated carbocycles. The van der Waals surface area contributed by atoms with E-state index in [1.54, 1.807) is 15.0 Å². The van der Waals surface area contributed by atoms with Crippen LogP contribution in [0.4, 0.5) is 5.69 Å². The fraction of sp³-hybridized carbons (Fsp3) is 0.364. The number of fused-ring (bicyclic) bond motifs is 3. The number of rotatable bonds is 2. The van der Waals surface area contributed by atoms with Crippen LogP contribution in [0.3, 0.4) is 0 Å². The first kappa shape index (κ1) is 17.6. The molecule has 0 unspecified atom stereocenters. The predicted molar refractivity (Wildman–Crippen MR) is 115 cm³/mol. The zero-order valence-corrected chi connectivity index (χ0v) is 16.9. The second kappa shape index (κ2) is 6.63. The second-order valence-electron chi connectivity index (χ2n) is 8.28. The van der Waals surface area contributed by atoms with Gasteiger partial charge in [0.1, 0.15) is 11.3 Å². The number of aromatic nitrogens is 5. The largest absolute Gasteiger partial charge is 0.367 e. The van der Waals surface area contributed by atoms with Gasteiger partial charge in [0.15, 0.2) is 5.65 Å². The Morgan fingerprint density at radius 3 is 2.80 bits per heavy atom. The smallest absolute Gasteiger partial charge is 0.258 e. The van der Waals surface area contributed by atoms with E-state index in [1.165, 1.54) is 19.4 Å². The fourth-order valence-electron chi connectivity index (χ4n) is 4.77. The van der Waals surface area contributed by atoms with Gasteiger partial charge < -0.3 is 4.90 Å². The molecule has 8 heteroatoms. The fourth-order valence-corrected chi connectivity index (χ4v) is 4.77. The van der Waals surface area contributed by atoms with E-state index in [4.69, 9.17) is 4.98 Å². The number of nitrogens with zero attached hydrogens (tertiary/aromatic N) is 7. The van der Waals surface area contributed by atoms with Crippen LogP contribution in [-0.4, -0.2) is 61.1 Å². The SMILES string of the molecule is Cc1cn2nc(-c3cc(=O)n4cc(N5CCN6CCC[C@@H]6C5)ccc4n3)ccc2n1. The average Bonchev–Trinajstić information content (AvgIpc) is 3.37. The molecule has 0 N–H and O–H groups in total. The van der Waals surface area contributed by atoms with Crippen molar-refractivity contribution in [2.45, 2.75) is 25.8 Å². The number of imidazole rings is 1. The van der Waals surface area contributed by atoms with Gasteiger partial charge >= 0.3 is 0 Å². The molecule has 2 saturated heterocycles. The van der Waals surface area contributed by atoms with Crippen molar-refractivity contribution in [1.29, 1.82) is 0 Å². The highest BCUT2D eigenvalue weighted by Gasteiger charge is 2.30. The third-order valence-electron chi connectivity index (χ3n) is 6.30. The maximum absolute atomic E-state index is 12.9. The summed E-state index contributed by atoms with van der Waals surface area (Å²) in [5.41, 5.74) is 4.52. The molecule has 0 spiro atoms. The first-order chi connectivity index (χ1) is 14.6. The predicted octanol–water partition coefficient (Wildman–Crippen LogP) is 2.00. The van der Waals surface area contributed by atoms with Gasteiger partial charge in [0.2, 0.25) is 0 Å². The van der Waals surface area contributed by atoms with Crippen LogP contribution < -0.4 is 10.5 Å². The normalized spacial score (nSPS) is 19.6. The standard InChI is InChI=1S/C22H23N7O/c1-15-12-29-21(23-15)7-5-18(25-29)19-11-22(30)28-14-17(4-6-20(28)24-19)27-10-9-26-8-2-3-16(26)13-27/h4-7,11-12,14,16H,2-3,8-10,13H2,1H3/t16-/m1/s1. The molecule has 0 aromatic carbocycles. The molecule has 8 nitrogen and oxygen atoms in total. The molecule has 0 amide bonds. The van der Waals surface area contributed by atoms with Gasteiger partial charge in [0.05, 0.1) is 23.3 Å². The average molecular weight is 401 g/mol. The Morgan fingerprint density at radius 2 is 1.87 bits per heavy atom. The molecule has 2 aliphatic rings. The van der Waals surface area contributed by atoms with Crippen molar-refractivity contribution in [3.05, 3.63) is 58.8 Å². The van der Waals surface area contributed by atoms with Crippen LogP contribution in [0.15, 0.2) is 47.5 Å². The van der Waals surface area contributed by atoms with Gasteiger partial charge in [0.25, 0.3) is 5.56 Å². The highest BCUT2D eigenvalue weighted by atomic mass is 16.1. The van der Waals surface area contributed by atoms with Gasteiger partial charge in [-0.15, -0.1) is 0 Å². The summed E-state index contributed by atoms with van der Waals surface area (Å²) >= 11 is 0. The molecule has 2 aliphatic heterocycles. The summed E-state index contributed by atoms with van der Waals surface area (Å²) in [5.74, 6) is 0. The van der Waals surface area contributed by atoms with Crippen LogP contribution in [0, 0.1) is 6.92 Å². The van der Waals surface area contributed by atoms with E-state index in [9.17, 15) is 4.79 Å². The Hall–Kier alpha value is -3.26. The van der Waals surface area contributed by atoms with Gasteiger partial charge in [-0.1, -0.05) is 0 Å². The number of anilines is 1. The molecule has 4 aromatic rings. The minimum absolute atomic E-state index is 0.0972. The first-order valence-electron chi connectivity index (χ1n) is 10.5. The van der Waals surface area contributed by atoms with Crippen molar-refractivity contribution in [2.24, 2.45) is 0 Å². The van der Waals surface area contributed by atoms with Crippen LogP contribution in [0.5, 0.6) is 0 Å². The van der Waals surface area contributed by atoms with Crippen molar-refractivity contribution in [3.8, 4) is 11.4 Å². The van der Waals surface area contributed by atoms with Crippen LogP contribution in [0.2, 0.25) is 0 Å². The Labute approximate surface area is 173 Å². The Bertz CT molecular complexity index is 1320. The molecule has 2 fully saturated rings. The third kappa shape index (κ3) is 2.87. The zero-order valence-electron chi connectivity index (χ0n) is 16.9. The Balaban J connectivity index is 1.36. The van der Waals surface area contributed by atoms with Gasteiger partial charge in [-0.25, -0.2) is 14.5 Å². The van der Waals surface area contributed by atoms with E-state index in [0.717, 1.165) is 36.7 Å². The number of hydrogen-bond donors (Lipinski definition) is 0. The summed E-state index contributed by atoms with van der Waals surface area (Å²) in [7, 11) is 0. The first-order valence-corrected chi connectivity index (χ1v) is 10.5. The molecular weight excluding hydrogens is 378 g/mol. The molecule has 6 heterocycles. The van der Waals surface area contributed by atoms with E-state index < -0.39 is 0 Å². The maximum Gasteiger partial charge on any atom is 0.258 e. The molecule has 6 rings (SSSR count). The lowest BCUT2D eigenvalue weighted by Gasteiger charge is -2.38. The van der Waals surface area contributed by atoms with Gasteiger partial charge in [-0.3, -0.25) is 14.1 Å². The lowest BCUT2D eigenvalue weighted by atomic mass is 10.1. The number of pyridine rings is 1. The molecule has 0 aliphatic carbocycles. The molecule has 1 atom stereocenters. The van der Waals surface area contributed by atoms with Crippen LogP contribution in [0.1, 0.15) is 18.5 Å². The van der Waals surface area contributed by atoms with E-state index >= 15 is 0 Å². The topological polar surface area (TPSA) is 71.0 Å². The van der Waals surface area contributed by atoms with Crippen molar-refractivity contribution in [3.63, 3.8) is 0 Å².